The molecule has 1 fully saturated rings. The fourth-order valence-corrected chi connectivity index (χ4v) is 3.43. The number of nitrogens with zero attached hydrogens (tertiary/aromatic N) is 3. The number of carbonyl (C=O) groups excluding carboxylic acids is 1. The number of benzene rings is 1. The summed E-state index contributed by atoms with van der Waals surface area (Å²) in [6.07, 6.45) is 4.76. The number of aromatic nitrogens is 2. The van der Waals surface area contributed by atoms with E-state index < -0.39 is 6.10 Å². The number of aliphatic hydroxyl groups is 1. The molecule has 1 aliphatic heterocycles. The number of hydrogen-bond acceptors (Lipinski definition) is 4. The summed E-state index contributed by atoms with van der Waals surface area (Å²) in [4.78, 5) is 18.6. The third kappa shape index (κ3) is 4.46. The average molecular weight is 342 g/mol. The van der Waals surface area contributed by atoms with E-state index in [1.807, 2.05) is 49.0 Å². The lowest BCUT2D eigenvalue weighted by atomic mass is 9.90. The zero-order valence-electron chi connectivity index (χ0n) is 14.9. The summed E-state index contributed by atoms with van der Waals surface area (Å²) in [5.74, 6) is 0.918. The highest BCUT2D eigenvalue weighted by Crippen LogP contribution is 2.29. The highest BCUT2D eigenvalue weighted by atomic mass is 16.3. The minimum atomic E-state index is -0.539. The number of aliphatic hydroxyl groups excluding tert-OH is 1. The average Bonchev–Trinajstić information content (AvgIpc) is 3.01. The Bertz CT molecular complexity index is 720. The molecule has 1 unspecified atom stereocenters. The highest BCUT2D eigenvalue weighted by molar-refractivity contribution is 5.92. The highest BCUT2D eigenvalue weighted by Gasteiger charge is 2.28. The first kappa shape index (κ1) is 17.6. The number of aryl methyl sites for hydroxylation is 2. The molecule has 1 aliphatic rings. The quantitative estimate of drug-likeness (QED) is 0.873. The van der Waals surface area contributed by atoms with Crippen LogP contribution >= 0.6 is 0 Å². The molecular formula is C19H26N4O2. The zero-order valence-corrected chi connectivity index (χ0v) is 14.9. The summed E-state index contributed by atoms with van der Waals surface area (Å²) in [6, 6.07) is 7.82. The van der Waals surface area contributed by atoms with Crippen LogP contribution in [0, 0.1) is 12.8 Å². The molecule has 1 aromatic heterocycles. The lowest BCUT2D eigenvalue weighted by molar-refractivity contribution is -0.117. The summed E-state index contributed by atoms with van der Waals surface area (Å²) in [5.41, 5.74) is 1.96. The number of likely N-dealkylation sites (tertiary alicyclic amines) is 1. The van der Waals surface area contributed by atoms with Crippen molar-refractivity contribution in [3.8, 4) is 0 Å². The number of imidazole rings is 1. The van der Waals surface area contributed by atoms with E-state index in [0.717, 1.165) is 43.0 Å². The zero-order chi connectivity index (χ0) is 17.8. The van der Waals surface area contributed by atoms with Crippen LogP contribution in [0.5, 0.6) is 0 Å². The molecule has 0 saturated carbocycles. The molecule has 1 aromatic carbocycles. The van der Waals surface area contributed by atoms with E-state index >= 15 is 0 Å². The number of carbonyl (C=O) groups is 1. The van der Waals surface area contributed by atoms with Gasteiger partial charge < -0.3 is 15.0 Å². The summed E-state index contributed by atoms with van der Waals surface area (Å²) in [6.45, 7) is 4.02. The van der Waals surface area contributed by atoms with Crippen LogP contribution in [0.25, 0.3) is 0 Å². The van der Waals surface area contributed by atoms with Gasteiger partial charge in [0, 0.05) is 25.1 Å². The Morgan fingerprint density at radius 3 is 2.80 bits per heavy atom. The molecule has 6 heteroatoms. The minimum absolute atomic E-state index is 0.00806. The smallest absolute Gasteiger partial charge is 0.238 e. The van der Waals surface area contributed by atoms with Crippen molar-refractivity contribution >= 4 is 11.6 Å². The SMILES string of the molecule is Cc1cccc(NC(=O)CN2CCC(C(O)c3nccn3C)CC2)c1. The van der Waals surface area contributed by atoms with Gasteiger partial charge in [-0.25, -0.2) is 4.98 Å². The Balaban J connectivity index is 1.47. The van der Waals surface area contributed by atoms with E-state index in [4.69, 9.17) is 0 Å². The van der Waals surface area contributed by atoms with Gasteiger partial charge in [-0.15, -0.1) is 0 Å². The Morgan fingerprint density at radius 2 is 2.16 bits per heavy atom. The van der Waals surface area contributed by atoms with Crippen molar-refractivity contribution in [3.63, 3.8) is 0 Å². The molecule has 2 N–H and O–H groups in total. The second kappa shape index (κ2) is 7.80. The number of piperidine rings is 1. The van der Waals surface area contributed by atoms with E-state index in [-0.39, 0.29) is 11.8 Å². The number of nitrogens with one attached hydrogen (secondary N) is 1. The van der Waals surface area contributed by atoms with Crippen molar-refractivity contribution in [3.05, 3.63) is 48.0 Å². The van der Waals surface area contributed by atoms with Crippen molar-refractivity contribution < 1.29 is 9.90 Å². The van der Waals surface area contributed by atoms with Gasteiger partial charge in [0.1, 0.15) is 11.9 Å². The van der Waals surface area contributed by atoms with E-state index in [0.29, 0.717) is 6.54 Å². The monoisotopic (exact) mass is 342 g/mol. The Morgan fingerprint density at radius 1 is 1.40 bits per heavy atom. The van der Waals surface area contributed by atoms with Gasteiger partial charge in [0.2, 0.25) is 5.91 Å². The third-order valence-corrected chi connectivity index (χ3v) is 4.87. The van der Waals surface area contributed by atoms with Gasteiger partial charge in [-0.3, -0.25) is 9.69 Å². The molecular weight excluding hydrogens is 316 g/mol. The molecule has 2 aromatic rings. The lowest BCUT2D eigenvalue weighted by Gasteiger charge is -2.33. The number of hydrogen-bond donors (Lipinski definition) is 2. The van der Waals surface area contributed by atoms with Crippen LogP contribution in [0.15, 0.2) is 36.7 Å². The van der Waals surface area contributed by atoms with Crippen molar-refractivity contribution in [1.29, 1.82) is 0 Å². The fraction of sp³-hybridized carbons (Fsp3) is 0.474. The van der Waals surface area contributed by atoms with Gasteiger partial charge in [0.05, 0.1) is 6.54 Å². The van der Waals surface area contributed by atoms with E-state index in [1.54, 1.807) is 6.20 Å². The van der Waals surface area contributed by atoms with Crippen LogP contribution in [0.3, 0.4) is 0 Å². The summed E-state index contributed by atoms with van der Waals surface area (Å²) >= 11 is 0. The largest absolute Gasteiger partial charge is 0.385 e. The maximum atomic E-state index is 12.2. The molecule has 0 spiro atoms. The number of rotatable bonds is 5. The lowest BCUT2D eigenvalue weighted by Crippen LogP contribution is -2.40. The third-order valence-electron chi connectivity index (χ3n) is 4.87. The second-order valence-corrected chi connectivity index (χ2v) is 6.87. The first-order valence-corrected chi connectivity index (χ1v) is 8.77. The fourth-order valence-electron chi connectivity index (χ4n) is 3.43. The Kier molecular flexibility index (Phi) is 5.50. The Hall–Kier alpha value is -2.18. The van der Waals surface area contributed by atoms with Gasteiger partial charge in [-0.05, 0) is 56.5 Å². The second-order valence-electron chi connectivity index (χ2n) is 6.87. The first-order chi connectivity index (χ1) is 12.0. The van der Waals surface area contributed by atoms with Gasteiger partial charge in [0.15, 0.2) is 0 Å². The van der Waals surface area contributed by atoms with Crippen LogP contribution in [0.1, 0.15) is 30.3 Å². The topological polar surface area (TPSA) is 70.4 Å². The van der Waals surface area contributed by atoms with Crippen molar-refractivity contribution in [2.75, 3.05) is 25.0 Å². The first-order valence-electron chi connectivity index (χ1n) is 8.77. The number of anilines is 1. The van der Waals surface area contributed by atoms with Crippen LogP contribution in [-0.2, 0) is 11.8 Å². The standard InChI is InChI=1S/C19H26N4O2/c1-14-4-3-5-16(12-14)21-17(24)13-23-9-6-15(7-10-23)18(25)19-20-8-11-22(19)2/h3-5,8,11-12,15,18,25H,6-7,9-10,13H2,1-2H3,(H,21,24). The van der Waals surface area contributed by atoms with Gasteiger partial charge in [-0.1, -0.05) is 12.1 Å². The normalized spacial score (nSPS) is 17.4. The van der Waals surface area contributed by atoms with Crippen LogP contribution in [-0.4, -0.2) is 45.1 Å². The Labute approximate surface area is 148 Å². The van der Waals surface area contributed by atoms with Gasteiger partial charge >= 0.3 is 0 Å². The molecule has 6 nitrogen and oxygen atoms in total. The van der Waals surface area contributed by atoms with Crippen LogP contribution in [0.4, 0.5) is 5.69 Å². The van der Waals surface area contributed by atoms with E-state index in [1.165, 1.54) is 0 Å². The van der Waals surface area contributed by atoms with Gasteiger partial charge in [-0.2, -0.15) is 0 Å². The van der Waals surface area contributed by atoms with E-state index in [2.05, 4.69) is 15.2 Å². The molecule has 1 saturated heterocycles. The van der Waals surface area contributed by atoms with Crippen molar-refractivity contribution in [2.24, 2.45) is 13.0 Å². The molecule has 0 radical (unpaired) electrons. The molecule has 0 aliphatic carbocycles. The summed E-state index contributed by atoms with van der Waals surface area (Å²) in [5, 5.41) is 13.5. The van der Waals surface area contributed by atoms with E-state index in [9.17, 15) is 9.90 Å². The minimum Gasteiger partial charge on any atom is -0.385 e. The maximum Gasteiger partial charge on any atom is 0.238 e. The van der Waals surface area contributed by atoms with Crippen molar-refractivity contribution in [2.45, 2.75) is 25.9 Å². The summed E-state index contributed by atoms with van der Waals surface area (Å²) in [7, 11) is 1.90. The van der Waals surface area contributed by atoms with Crippen molar-refractivity contribution in [1.82, 2.24) is 14.5 Å². The van der Waals surface area contributed by atoms with Gasteiger partial charge in [0.25, 0.3) is 0 Å². The molecule has 1 atom stereocenters. The predicted molar refractivity (Wildman–Crippen MR) is 97.1 cm³/mol. The molecule has 0 bridgehead atoms. The summed E-state index contributed by atoms with van der Waals surface area (Å²) < 4.78 is 1.87. The molecule has 2 heterocycles. The maximum absolute atomic E-state index is 12.2. The van der Waals surface area contributed by atoms with Crippen LogP contribution in [0.2, 0.25) is 0 Å². The molecule has 1 amide bonds. The molecule has 134 valence electrons. The molecule has 25 heavy (non-hydrogen) atoms. The van der Waals surface area contributed by atoms with Crippen LogP contribution < -0.4 is 5.32 Å². The molecule has 3 rings (SSSR count). The predicted octanol–water partition coefficient (Wildman–Crippen LogP) is 2.11. The number of amides is 1.